The first kappa shape index (κ1) is 21.5. The van der Waals surface area contributed by atoms with Crippen molar-refractivity contribution in [1.29, 1.82) is 10.8 Å². The summed E-state index contributed by atoms with van der Waals surface area (Å²) in [6.07, 6.45) is 8.23. The van der Waals surface area contributed by atoms with Gasteiger partial charge in [0.2, 0.25) is 5.90 Å². The molecule has 1 aliphatic heterocycles. The number of anilines is 1. The van der Waals surface area contributed by atoms with Crippen LogP contribution in [0.2, 0.25) is 0 Å². The fourth-order valence-corrected chi connectivity index (χ4v) is 4.28. The zero-order valence-corrected chi connectivity index (χ0v) is 18.6. The molecule has 0 bridgehead atoms. The third kappa shape index (κ3) is 4.34. The molecular formula is C24H30N6O2. The molecule has 0 aliphatic carbocycles. The number of benzene rings is 1. The number of rotatable bonds is 3. The number of aromatic nitrogens is 2. The number of fused-ring (bicyclic) bond motifs is 1. The molecule has 0 spiro atoms. The van der Waals surface area contributed by atoms with E-state index in [0.29, 0.717) is 12.1 Å². The van der Waals surface area contributed by atoms with E-state index in [1.54, 1.807) is 4.90 Å². The molecule has 8 heteroatoms. The van der Waals surface area contributed by atoms with Crippen LogP contribution in [-0.2, 0) is 4.74 Å². The first-order chi connectivity index (χ1) is 15.3. The molecule has 0 saturated carbocycles. The highest BCUT2D eigenvalue weighted by molar-refractivity contribution is 5.96. The number of piperidine rings is 1. The minimum atomic E-state index is -0.482. The second-order valence-electron chi connectivity index (χ2n) is 8.30. The smallest absolute Gasteiger partial charge is 0.322 e. The molecule has 1 unspecified atom stereocenters. The Bertz CT molecular complexity index is 1190. The van der Waals surface area contributed by atoms with Crippen LogP contribution < -0.4 is 5.32 Å². The van der Waals surface area contributed by atoms with Crippen molar-refractivity contribution in [2.24, 2.45) is 0 Å². The Morgan fingerprint density at radius 1 is 1.28 bits per heavy atom. The minimum absolute atomic E-state index is 0. The summed E-state index contributed by atoms with van der Waals surface area (Å²) in [5.41, 5.74) is 4.59. The first-order valence-corrected chi connectivity index (χ1v) is 10.8. The van der Waals surface area contributed by atoms with Crippen LogP contribution in [0.5, 0.6) is 0 Å². The van der Waals surface area contributed by atoms with Gasteiger partial charge in [-0.05, 0) is 68.5 Å². The third-order valence-corrected chi connectivity index (χ3v) is 5.88. The number of ether oxygens (including phenoxy) is 1. The number of hydrogen-bond acceptors (Lipinski definition) is 5. The highest BCUT2D eigenvalue weighted by Crippen LogP contribution is 2.28. The number of nitrogens with zero attached hydrogens (tertiary/aromatic N) is 3. The zero-order valence-electron chi connectivity index (χ0n) is 18.6. The van der Waals surface area contributed by atoms with Gasteiger partial charge in [0.25, 0.3) is 0 Å². The van der Waals surface area contributed by atoms with Crippen molar-refractivity contribution in [3.8, 4) is 11.1 Å². The second kappa shape index (κ2) is 8.82. The number of nitrogens with one attached hydrogen (secondary N) is 3. The monoisotopic (exact) mass is 434 g/mol. The number of carbonyl (C=O) groups excluding carboxylic acids is 1. The van der Waals surface area contributed by atoms with Gasteiger partial charge in [-0.3, -0.25) is 10.8 Å². The molecule has 2 amide bonds. The molecule has 1 aliphatic rings. The van der Waals surface area contributed by atoms with E-state index in [1.165, 1.54) is 6.92 Å². The molecule has 8 nitrogen and oxygen atoms in total. The lowest BCUT2D eigenvalue weighted by Gasteiger charge is -2.40. The molecule has 1 saturated heterocycles. The summed E-state index contributed by atoms with van der Waals surface area (Å²) in [7, 11) is 0. The molecule has 1 fully saturated rings. The third-order valence-electron chi connectivity index (χ3n) is 5.88. The van der Waals surface area contributed by atoms with E-state index in [2.05, 4.69) is 10.3 Å². The summed E-state index contributed by atoms with van der Waals surface area (Å²) in [5.74, 6) is -0.111. The van der Waals surface area contributed by atoms with Gasteiger partial charge >= 0.3 is 6.03 Å². The Kier molecular flexibility index (Phi) is 5.94. The van der Waals surface area contributed by atoms with E-state index < -0.39 is 6.04 Å². The normalized spacial score (nSPS) is 18.4. The summed E-state index contributed by atoms with van der Waals surface area (Å²) in [4.78, 5) is 19.4. The number of urea groups is 1. The minimum Gasteiger partial charge on any atom is -0.428 e. The van der Waals surface area contributed by atoms with Crippen molar-refractivity contribution in [1.82, 2.24) is 14.3 Å². The summed E-state index contributed by atoms with van der Waals surface area (Å²) < 4.78 is 7.19. The van der Waals surface area contributed by atoms with Crippen molar-refractivity contribution in [3.05, 3.63) is 54.5 Å². The fraction of sp³-hybridized carbons (Fsp3) is 0.333. The van der Waals surface area contributed by atoms with Gasteiger partial charge in [-0.2, -0.15) is 0 Å². The van der Waals surface area contributed by atoms with Crippen LogP contribution >= 0.6 is 0 Å². The molecule has 168 valence electrons. The second-order valence-corrected chi connectivity index (χ2v) is 8.30. The molecule has 2 aromatic heterocycles. The van der Waals surface area contributed by atoms with Crippen LogP contribution in [0, 0.1) is 17.7 Å². The molecule has 4 rings (SSSR count). The molecule has 3 aromatic rings. The summed E-state index contributed by atoms with van der Waals surface area (Å²) in [6, 6.07) is 8.92. The van der Waals surface area contributed by atoms with Crippen molar-refractivity contribution >= 4 is 29.2 Å². The number of amides is 2. The van der Waals surface area contributed by atoms with E-state index in [-0.39, 0.29) is 25.3 Å². The summed E-state index contributed by atoms with van der Waals surface area (Å²) >= 11 is 0. The highest BCUT2D eigenvalue weighted by Gasteiger charge is 2.35. The van der Waals surface area contributed by atoms with E-state index in [1.807, 2.05) is 67.2 Å². The molecule has 32 heavy (non-hydrogen) atoms. The van der Waals surface area contributed by atoms with Gasteiger partial charge in [-0.25, -0.2) is 9.78 Å². The maximum atomic E-state index is 13.2. The number of aryl methyl sites for hydroxylation is 1. The van der Waals surface area contributed by atoms with Gasteiger partial charge in [-0.1, -0.05) is 6.07 Å². The maximum Gasteiger partial charge on any atom is 0.322 e. The quantitative estimate of drug-likeness (QED) is 0.383. The average Bonchev–Trinajstić information content (AvgIpc) is 3.22. The number of carbonyl (C=O) groups is 1. The Balaban J connectivity index is 0.00000306. The first-order valence-electron chi connectivity index (χ1n) is 10.8. The van der Waals surface area contributed by atoms with E-state index in [9.17, 15) is 4.79 Å². The van der Waals surface area contributed by atoms with Crippen LogP contribution in [0.15, 0.2) is 48.9 Å². The maximum absolute atomic E-state index is 13.2. The van der Waals surface area contributed by atoms with Crippen molar-refractivity contribution in [2.75, 3.05) is 5.32 Å². The van der Waals surface area contributed by atoms with Crippen LogP contribution in [0.3, 0.4) is 0 Å². The van der Waals surface area contributed by atoms with Crippen molar-refractivity contribution in [3.63, 3.8) is 0 Å². The fourth-order valence-electron chi connectivity index (χ4n) is 4.28. The van der Waals surface area contributed by atoms with Crippen molar-refractivity contribution in [2.45, 2.75) is 52.1 Å². The molecular weight excluding hydrogens is 404 g/mol. The van der Waals surface area contributed by atoms with Crippen LogP contribution in [0.1, 0.15) is 40.1 Å². The van der Waals surface area contributed by atoms with Gasteiger partial charge in [-0.15, -0.1) is 0 Å². The van der Waals surface area contributed by atoms with E-state index >= 15 is 0 Å². The molecule has 2 atom stereocenters. The Hall–Kier alpha value is -3.68. The Labute approximate surface area is 188 Å². The van der Waals surface area contributed by atoms with Gasteiger partial charge < -0.3 is 19.4 Å². The van der Waals surface area contributed by atoms with Gasteiger partial charge in [0, 0.05) is 44.2 Å². The molecule has 3 heterocycles. The molecule has 1 aromatic carbocycles. The predicted molar refractivity (Wildman–Crippen MR) is 128 cm³/mol. The highest BCUT2D eigenvalue weighted by atomic mass is 16.5. The van der Waals surface area contributed by atoms with E-state index in [4.69, 9.17) is 15.6 Å². The lowest BCUT2D eigenvalue weighted by molar-refractivity contribution is 0.144. The molecule has 3 N–H and O–H groups in total. The number of likely N-dealkylation sites (tertiary alicyclic amines) is 1. The van der Waals surface area contributed by atoms with Crippen LogP contribution in [-0.4, -0.2) is 44.2 Å². The summed E-state index contributed by atoms with van der Waals surface area (Å²) in [6.45, 7) is 5.50. The van der Waals surface area contributed by atoms with E-state index in [0.717, 1.165) is 35.2 Å². The standard InChI is InChI=1S/C24H28N6O2.H2/c1-15-9-10-19(12-20(15)18-13-27-22-8-5-11-29(22)14-18)28-24(31)30-16(2)6-4-7-21(30)23(26)32-17(3)25;/h5,8-14,16,21,25-26H,4,6-7H2,1-3H3,(H,28,31);1H/t16-,21?;/m1./s1. The lowest BCUT2D eigenvalue weighted by atomic mass is 9.96. The Morgan fingerprint density at radius 2 is 2.09 bits per heavy atom. The lowest BCUT2D eigenvalue weighted by Crippen LogP contribution is -2.54. The van der Waals surface area contributed by atoms with Crippen molar-refractivity contribution < 1.29 is 11.0 Å². The number of hydrogen-bond donors (Lipinski definition) is 3. The summed E-state index contributed by atoms with van der Waals surface area (Å²) in [5, 5.41) is 18.8. The predicted octanol–water partition coefficient (Wildman–Crippen LogP) is 5.32. The zero-order chi connectivity index (χ0) is 22.8. The van der Waals surface area contributed by atoms with Gasteiger partial charge in [0.05, 0.1) is 0 Å². The SMILES string of the molecule is CC(=N)OC(=N)C1CCC[C@@H](C)N1C(=O)Nc1ccc(C)c(-c2cnc3cccn3c2)c1.[HH]. The van der Waals surface area contributed by atoms with Gasteiger partial charge in [0.15, 0.2) is 5.90 Å². The van der Waals surface area contributed by atoms with Crippen LogP contribution in [0.25, 0.3) is 16.8 Å². The van der Waals surface area contributed by atoms with Gasteiger partial charge in [0.1, 0.15) is 11.7 Å². The molecule has 0 radical (unpaired) electrons. The average molecular weight is 435 g/mol. The Morgan fingerprint density at radius 3 is 2.88 bits per heavy atom. The van der Waals surface area contributed by atoms with Crippen LogP contribution in [0.4, 0.5) is 10.5 Å². The topological polar surface area (TPSA) is 107 Å². The largest absolute Gasteiger partial charge is 0.428 e.